The first-order valence-corrected chi connectivity index (χ1v) is 11.2. The van der Waals surface area contributed by atoms with Gasteiger partial charge in [-0.1, -0.05) is 41.9 Å². The zero-order valence-electron chi connectivity index (χ0n) is 17.8. The minimum absolute atomic E-state index is 0.0645. The van der Waals surface area contributed by atoms with E-state index in [1.165, 1.54) is 0 Å². The summed E-state index contributed by atoms with van der Waals surface area (Å²) in [5, 5.41) is 18.3. The molecule has 3 amide bonds. The Labute approximate surface area is 195 Å². The van der Waals surface area contributed by atoms with Crippen molar-refractivity contribution in [1.82, 2.24) is 20.9 Å². The number of carbonyl (C=O) groups excluding carboxylic acids is 1. The van der Waals surface area contributed by atoms with Crippen LogP contribution in [0.15, 0.2) is 59.5 Å². The first-order valence-electron chi connectivity index (χ1n) is 10.8. The average Bonchev–Trinajstić information content (AvgIpc) is 2.79. The van der Waals surface area contributed by atoms with E-state index >= 15 is 0 Å². The Morgan fingerprint density at radius 2 is 1.67 bits per heavy atom. The minimum atomic E-state index is -1.03. The Morgan fingerprint density at radius 1 is 1.00 bits per heavy atom. The number of hydrogen-bond acceptors (Lipinski definition) is 3. The molecule has 0 spiro atoms. The highest BCUT2D eigenvalue weighted by atomic mass is 35.5. The van der Waals surface area contributed by atoms with E-state index in [9.17, 15) is 14.4 Å². The molecule has 1 atom stereocenters. The van der Waals surface area contributed by atoms with Crippen molar-refractivity contribution in [2.75, 3.05) is 0 Å². The molecule has 172 valence electrons. The number of aromatic amines is 1. The lowest BCUT2D eigenvalue weighted by Gasteiger charge is -2.29. The number of fused-ring (bicyclic) bond motifs is 1. The lowest BCUT2D eigenvalue weighted by molar-refractivity contribution is 0.183. The van der Waals surface area contributed by atoms with Crippen LogP contribution in [0.4, 0.5) is 9.59 Å². The largest absolute Gasteiger partial charge is 0.465 e. The molecular weight excluding hydrogens is 444 g/mol. The molecule has 1 saturated carbocycles. The number of pyridine rings is 1. The molecule has 1 aliphatic carbocycles. The van der Waals surface area contributed by atoms with E-state index in [1.807, 2.05) is 30.3 Å². The van der Waals surface area contributed by atoms with Gasteiger partial charge in [0.25, 0.3) is 0 Å². The highest BCUT2D eigenvalue weighted by Crippen LogP contribution is 2.23. The summed E-state index contributed by atoms with van der Waals surface area (Å²) in [6.45, 7) is 0. The monoisotopic (exact) mass is 468 g/mol. The smallest absolute Gasteiger partial charge is 0.404 e. The van der Waals surface area contributed by atoms with Gasteiger partial charge >= 0.3 is 12.1 Å². The van der Waals surface area contributed by atoms with E-state index in [0.29, 0.717) is 47.2 Å². The standard InChI is InChI=1S/C24H25ClN4O4/c25-15-6-11-18-20(12-15)26-13-19(22(18)30)21(14-4-2-1-3-5-14)29-23(31)27-16-7-9-17(10-8-16)28-24(32)33/h1-6,11-13,16-17,21,28H,7-10H2,(H,26,30)(H,32,33)(H2,27,29,31). The van der Waals surface area contributed by atoms with E-state index in [-0.39, 0.29) is 23.5 Å². The van der Waals surface area contributed by atoms with Gasteiger partial charge in [-0.05, 0) is 49.4 Å². The number of H-pyrrole nitrogens is 1. The minimum Gasteiger partial charge on any atom is -0.465 e. The molecule has 33 heavy (non-hydrogen) atoms. The number of halogens is 1. The molecule has 1 heterocycles. The van der Waals surface area contributed by atoms with Gasteiger partial charge in [-0.3, -0.25) is 4.79 Å². The van der Waals surface area contributed by atoms with Crippen molar-refractivity contribution in [1.29, 1.82) is 0 Å². The van der Waals surface area contributed by atoms with Crippen LogP contribution in [-0.2, 0) is 0 Å². The summed E-state index contributed by atoms with van der Waals surface area (Å²) in [6.07, 6.45) is 3.25. The van der Waals surface area contributed by atoms with Gasteiger partial charge in [-0.2, -0.15) is 0 Å². The van der Waals surface area contributed by atoms with Crippen LogP contribution in [0.3, 0.4) is 0 Å². The molecule has 1 unspecified atom stereocenters. The average molecular weight is 469 g/mol. The van der Waals surface area contributed by atoms with Crippen molar-refractivity contribution in [2.45, 2.75) is 43.8 Å². The van der Waals surface area contributed by atoms with Gasteiger partial charge in [0.2, 0.25) is 0 Å². The molecule has 1 fully saturated rings. The molecular formula is C24H25ClN4O4. The maximum absolute atomic E-state index is 13.3. The second-order valence-electron chi connectivity index (χ2n) is 8.22. The Morgan fingerprint density at radius 3 is 2.33 bits per heavy atom. The maximum atomic E-state index is 13.3. The van der Waals surface area contributed by atoms with Gasteiger partial charge in [0.05, 0.1) is 11.6 Å². The molecule has 8 nitrogen and oxygen atoms in total. The fraction of sp³-hybridized carbons (Fsp3) is 0.292. The summed E-state index contributed by atoms with van der Waals surface area (Å²) < 4.78 is 0. The molecule has 4 rings (SSSR count). The normalized spacial score (nSPS) is 18.9. The number of carbonyl (C=O) groups is 2. The quantitative estimate of drug-likeness (QED) is 0.386. The molecule has 5 N–H and O–H groups in total. The molecule has 0 aliphatic heterocycles. The van der Waals surface area contributed by atoms with Crippen molar-refractivity contribution in [3.05, 3.63) is 81.1 Å². The number of hydrogen-bond donors (Lipinski definition) is 5. The molecule has 9 heteroatoms. The maximum Gasteiger partial charge on any atom is 0.404 e. The van der Waals surface area contributed by atoms with Crippen LogP contribution in [-0.4, -0.2) is 34.3 Å². The Balaban J connectivity index is 1.53. The summed E-state index contributed by atoms with van der Waals surface area (Å²) in [5.41, 5.74) is 1.63. The highest BCUT2D eigenvalue weighted by molar-refractivity contribution is 6.31. The fourth-order valence-corrected chi connectivity index (χ4v) is 4.50. The van der Waals surface area contributed by atoms with Crippen LogP contribution in [0.2, 0.25) is 5.02 Å². The number of benzene rings is 2. The Kier molecular flexibility index (Phi) is 6.84. The third kappa shape index (κ3) is 5.46. The predicted molar refractivity (Wildman–Crippen MR) is 127 cm³/mol. The molecule has 3 aromatic rings. The lowest BCUT2D eigenvalue weighted by Crippen LogP contribution is -2.47. The molecule has 1 aliphatic rings. The van der Waals surface area contributed by atoms with Crippen molar-refractivity contribution in [3.8, 4) is 0 Å². The second-order valence-corrected chi connectivity index (χ2v) is 8.66. The zero-order valence-corrected chi connectivity index (χ0v) is 18.6. The molecule has 0 radical (unpaired) electrons. The summed E-state index contributed by atoms with van der Waals surface area (Å²) in [5.74, 6) is 0. The number of carboxylic acid groups (broad SMARTS) is 1. The summed E-state index contributed by atoms with van der Waals surface area (Å²) in [4.78, 5) is 40.1. The van der Waals surface area contributed by atoms with Crippen molar-refractivity contribution in [3.63, 3.8) is 0 Å². The molecule has 0 saturated heterocycles. The summed E-state index contributed by atoms with van der Waals surface area (Å²) in [6, 6.07) is 13.1. The molecule has 1 aromatic heterocycles. The molecule has 0 bridgehead atoms. The third-order valence-corrected chi connectivity index (χ3v) is 6.22. The number of aromatic nitrogens is 1. The number of rotatable bonds is 5. The van der Waals surface area contributed by atoms with Gasteiger partial charge in [0, 0.05) is 34.3 Å². The van der Waals surface area contributed by atoms with Crippen molar-refractivity contribution in [2.24, 2.45) is 0 Å². The topological polar surface area (TPSA) is 123 Å². The van der Waals surface area contributed by atoms with Crippen LogP contribution < -0.4 is 21.4 Å². The second kappa shape index (κ2) is 9.95. The van der Waals surface area contributed by atoms with Crippen molar-refractivity contribution >= 4 is 34.6 Å². The molecule has 2 aromatic carbocycles. The zero-order chi connectivity index (χ0) is 23.4. The van der Waals surface area contributed by atoms with Crippen LogP contribution >= 0.6 is 11.6 Å². The van der Waals surface area contributed by atoms with E-state index < -0.39 is 12.1 Å². The Hall–Kier alpha value is -3.52. The van der Waals surface area contributed by atoms with E-state index in [2.05, 4.69) is 20.9 Å². The van der Waals surface area contributed by atoms with E-state index in [0.717, 1.165) is 5.56 Å². The third-order valence-electron chi connectivity index (χ3n) is 5.98. The number of amides is 3. The van der Waals surface area contributed by atoms with Gasteiger partial charge < -0.3 is 26.0 Å². The fourth-order valence-electron chi connectivity index (χ4n) is 4.33. The van der Waals surface area contributed by atoms with Crippen LogP contribution in [0.1, 0.15) is 42.9 Å². The van der Waals surface area contributed by atoms with Gasteiger partial charge in [-0.15, -0.1) is 0 Å². The highest BCUT2D eigenvalue weighted by Gasteiger charge is 2.26. The van der Waals surface area contributed by atoms with E-state index in [4.69, 9.17) is 16.7 Å². The first kappa shape index (κ1) is 22.7. The number of urea groups is 1. The van der Waals surface area contributed by atoms with Crippen LogP contribution in [0, 0.1) is 0 Å². The van der Waals surface area contributed by atoms with Crippen LogP contribution in [0.25, 0.3) is 10.9 Å². The van der Waals surface area contributed by atoms with Gasteiger partial charge in [0.1, 0.15) is 0 Å². The number of nitrogens with one attached hydrogen (secondary N) is 4. The van der Waals surface area contributed by atoms with Crippen molar-refractivity contribution < 1.29 is 14.7 Å². The van der Waals surface area contributed by atoms with Crippen LogP contribution in [0.5, 0.6) is 0 Å². The summed E-state index contributed by atoms with van der Waals surface area (Å²) in [7, 11) is 0. The van der Waals surface area contributed by atoms with Gasteiger partial charge in [-0.25, -0.2) is 9.59 Å². The first-order chi connectivity index (χ1) is 15.9. The summed E-state index contributed by atoms with van der Waals surface area (Å²) >= 11 is 6.04. The Bertz CT molecular complexity index is 1210. The van der Waals surface area contributed by atoms with E-state index in [1.54, 1.807) is 24.4 Å². The SMILES string of the molecule is O=C(O)NC1CCC(NC(=O)NC(c2ccccc2)c2c[nH]c3cc(Cl)ccc3c2=O)CC1. The van der Waals surface area contributed by atoms with Gasteiger partial charge in [0.15, 0.2) is 5.43 Å². The lowest BCUT2D eigenvalue weighted by atomic mass is 9.91. The predicted octanol–water partition coefficient (Wildman–Crippen LogP) is 4.15.